The normalized spacial score (nSPS) is 12.2. The van der Waals surface area contributed by atoms with E-state index in [9.17, 15) is 4.79 Å². The van der Waals surface area contributed by atoms with E-state index in [4.69, 9.17) is 9.47 Å². The van der Waals surface area contributed by atoms with Crippen molar-refractivity contribution < 1.29 is 9.47 Å². The number of ether oxygens (including phenoxy) is 2. The summed E-state index contributed by atoms with van der Waals surface area (Å²) >= 11 is 3.60. The molecule has 2 heterocycles. The molecule has 0 aliphatic carbocycles. The van der Waals surface area contributed by atoms with Crippen molar-refractivity contribution in [2.24, 2.45) is 0 Å². The molecule has 0 aliphatic rings. The van der Waals surface area contributed by atoms with E-state index < -0.39 is 0 Å². The largest absolute Gasteiger partial charge is 0.492 e. The summed E-state index contributed by atoms with van der Waals surface area (Å²) in [4.78, 5) is 18.1. The Bertz CT molecular complexity index is 1230. The highest BCUT2D eigenvalue weighted by Crippen LogP contribution is 2.34. The van der Waals surface area contributed by atoms with Crippen LogP contribution in [0.1, 0.15) is 12.5 Å². The number of aromatic nitrogens is 2. The number of nitrogens with zero attached hydrogens (tertiary/aromatic N) is 2. The van der Waals surface area contributed by atoms with Gasteiger partial charge in [-0.1, -0.05) is 23.5 Å². The van der Waals surface area contributed by atoms with Crippen LogP contribution in [0.25, 0.3) is 22.1 Å². The minimum Gasteiger partial charge on any atom is -0.492 e. The van der Waals surface area contributed by atoms with Gasteiger partial charge in [-0.3, -0.25) is 4.79 Å². The minimum absolute atomic E-state index is 0.0533. The highest BCUT2D eigenvalue weighted by Gasteiger charge is 2.13. The summed E-state index contributed by atoms with van der Waals surface area (Å²) in [7, 11) is 1.62. The average Bonchev–Trinajstić information content (AvgIpc) is 3.12. The molecule has 0 aliphatic heterocycles. The number of hydrogen-bond donors (Lipinski definition) is 0. The second kappa shape index (κ2) is 6.88. The fraction of sp³-hybridized carbons (Fsp3) is 0.158. The van der Waals surface area contributed by atoms with Crippen LogP contribution in [0.2, 0.25) is 0 Å². The maximum atomic E-state index is 12.9. The van der Waals surface area contributed by atoms with Crippen molar-refractivity contribution in [1.82, 2.24) is 9.38 Å². The Balaban J connectivity index is 1.91. The van der Waals surface area contributed by atoms with Crippen LogP contribution in [0.3, 0.4) is 0 Å². The molecule has 7 heteroatoms. The van der Waals surface area contributed by atoms with Crippen LogP contribution in [-0.4, -0.2) is 23.1 Å². The first-order valence-corrected chi connectivity index (χ1v) is 9.94. The Kier molecular flexibility index (Phi) is 4.58. The van der Waals surface area contributed by atoms with Crippen LogP contribution in [0.5, 0.6) is 11.5 Å². The quantitative estimate of drug-likeness (QED) is 0.422. The molecule has 0 saturated heterocycles. The van der Waals surface area contributed by atoms with Crippen molar-refractivity contribution >= 4 is 56.0 Å². The highest BCUT2D eigenvalue weighted by atomic mass is 127. The average molecular weight is 478 g/mol. The molecule has 26 heavy (non-hydrogen) atoms. The van der Waals surface area contributed by atoms with Crippen LogP contribution in [0.15, 0.2) is 41.2 Å². The molecule has 0 spiro atoms. The van der Waals surface area contributed by atoms with Crippen molar-refractivity contribution in [3.05, 3.63) is 60.4 Å². The fourth-order valence-electron chi connectivity index (χ4n) is 2.90. The lowest BCUT2D eigenvalue weighted by atomic mass is 10.2. The van der Waals surface area contributed by atoms with Crippen molar-refractivity contribution in [3.8, 4) is 11.5 Å². The first-order chi connectivity index (χ1) is 12.6. The van der Waals surface area contributed by atoms with E-state index >= 15 is 0 Å². The number of imidazole rings is 1. The second-order valence-corrected chi connectivity index (χ2v) is 7.77. The Morgan fingerprint density at radius 1 is 1.31 bits per heavy atom. The molecule has 0 bridgehead atoms. The summed E-state index contributed by atoms with van der Waals surface area (Å²) in [6, 6.07) is 11.5. The van der Waals surface area contributed by atoms with Crippen molar-refractivity contribution in [2.75, 3.05) is 13.7 Å². The lowest BCUT2D eigenvalue weighted by Gasteiger charge is -2.11. The second-order valence-electron chi connectivity index (χ2n) is 5.60. The van der Waals surface area contributed by atoms with Crippen molar-refractivity contribution in [1.29, 1.82) is 0 Å². The van der Waals surface area contributed by atoms with Crippen LogP contribution in [-0.2, 0) is 0 Å². The van der Waals surface area contributed by atoms with Gasteiger partial charge in [-0.2, -0.15) is 0 Å². The highest BCUT2D eigenvalue weighted by molar-refractivity contribution is 14.1. The van der Waals surface area contributed by atoms with Crippen LogP contribution >= 0.6 is 33.9 Å². The molecule has 132 valence electrons. The number of methoxy groups -OCH3 is 1. The molecule has 0 fully saturated rings. The van der Waals surface area contributed by atoms with E-state index in [0.29, 0.717) is 27.6 Å². The molecule has 0 radical (unpaired) electrons. The van der Waals surface area contributed by atoms with Gasteiger partial charge in [0.1, 0.15) is 0 Å². The predicted molar refractivity (Wildman–Crippen MR) is 113 cm³/mol. The molecule has 0 saturated carbocycles. The topological polar surface area (TPSA) is 52.8 Å². The van der Waals surface area contributed by atoms with Gasteiger partial charge in [0.25, 0.3) is 5.56 Å². The molecule has 2 aromatic heterocycles. The standard InChI is InChI=1S/C19H15IN2O3S/c1-3-25-15-9-11(8-12(20)17(15)24-2)10-16-18(23)22-14-7-5-4-6-13(14)21-19(22)26-16/h4-10H,3H2,1-2H3/b16-10+. The van der Waals surface area contributed by atoms with Gasteiger partial charge in [0.2, 0.25) is 0 Å². The smallest absolute Gasteiger partial charge is 0.274 e. The summed E-state index contributed by atoms with van der Waals surface area (Å²) < 4.78 is 14.3. The molecular formula is C19H15IN2O3S. The number of benzene rings is 2. The van der Waals surface area contributed by atoms with E-state index in [1.54, 1.807) is 11.5 Å². The predicted octanol–water partition coefficient (Wildman–Crippen LogP) is 3.47. The third-order valence-corrected chi connectivity index (χ3v) is 5.75. The molecule has 4 rings (SSSR count). The maximum absolute atomic E-state index is 12.9. The van der Waals surface area contributed by atoms with Crippen LogP contribution in [0.4, 0.5) is 0 Å². The number of halogens is 1. The van der Waals surface area contributed by atoms with Gasteiger partial charge in [-0.15, -0.1) is 0 Å². The molecule has 0 amide bonds. The Hall–Kier alpha value is -2.13. The zero-order chi connectivity index (χ0) is 18.3. The van der Waals surface area contributed by atoms with Crippen LogP contribution in [0, 0.1) is 3.57 Å². The van der Waals surface area contributed by atoms with Gasteiger partial charge in [-0.05, 0) is 65.4 Å². The molecule has 0 N–H and O–H groups in total. The van der Waals surface area contributed by atoms with Crippen molar-refractivity contribution in [2.45, 2.75) is 6.92 Å². The van der Waals surface area contributed by atoms with E-state index in [1.807, 2.05) is 49.4 Å². The van der Waals surface area contributed by atoms with Gasteiger partial charge in [0.15, 0.2) is 16.5 Å². The van der Waals surface area contributed by atoms with Gasteiger partial charge in [0.05, 0.1) is 32.9 Å². The molecule has 0 atom stereocenters. The van der Waals surface area contributed by atoms with Gasteiger partial charge in [0, 0.05) is 0 Å². The SMILES string of the molecule is CCOc1cc(/C=c2/sc3nc4ccccc4n3c2=O)cc(I)c1OC. The third kappa shape index (κ3) is 2.84. The summed E-state index contributed by atoms with van der Waals surface area (Å²) in [5, 5.41) is 0. The Morgan fingerprint density at radius 3 is 2.88 bits per heavy atom. The van der Waals surface area contributed by atoms with E-state index in [2.05, 4.69) is 27.6 Å². The lowest BCUT2D eigenvalue weighted by Crippen LogP contribution is -2.22. The number of thiazole rings is 1. The minimum atomic E-state index is -0.0533. The molecule has 4 aromatic rings. The molecular weight excluding hydrogens is 463 g/mol. The fourth-order valence-corrected chi connectivity index (χ4v) is 4.73. The number of rotatable bonds is 4. The van der Waals surface area contributed by atoms with Gasteiger partial charge >= 0.3 is 0 Å². The lowest BCUT2D eigenvalue weighted by molar-refractivity contribution is 0.309. The van der Waals surface area contributed by atoms with Gasteiger partial charge < -0.3 is 9.47 Å². The molecule has 5 nitrogen and oxygen atoms in total. The number of para-hydroxylation sites is 2. The zero-order valence-electron chi connectivity index (χ0n) is 14.2. The summed E-state index contributed by atoms with van der Waals surface area (Å²) in [6.07, 6.45) is 1.88. The first kappa shape index (κ1) is 17.3. The van der Waals surface area contributed by atoms with E-state index in [-0.39, 0.29) is 5.56 Å². The summed E-state index contributed by atoms with van der Waals surface area (Å²) in [6.45, 7) is 2.47. The summed E-state index contributed by atoms with van der Waals surface area (Å²) in [5.74, 6) is 1.38. The maximum Gasteiger partial charge on any atom is 0.274 e. The summed E-state index contributed by atoms with van der Waals surface area (Å²) in [5.41, 5.74) is 2.51. The number of hydrogen-bond acceptors (Lipinski definition) is 5. The number of fused-ring (bicyclic) bond motifs is 3. The zero-order valence-corrected chi connectivity index (χ0v) is 17.1. The monoisotopic (exact) mass is 478 g/mol. The molecule has 2 aromatic carbocycles. The molecule has 0 unspecified atom stereocenters. The van der Waals surface area contributed by atoms with Gasteiger partial charge in [-0.25, -0.2) is 9.38 Å². The van der Waals surface area contributed by atoms with E-state index in [1.165, 1.54) is 11.3 Å². The van der Waals surface area contributed by atoms with Crippen molar-refractivity contribution in [3.63, 3.8) is 0 Å². The Labute approximate surface area is 167 Å². The van der Waals surface area contributed by atoms with E-state index in [0.717, 1.165) is 20.2 Å². The first-order valence-electron chi connectivity index (χ1n) is 8.04. The third-order valence-electron chi connectivity index (χ3n) is 3.98. The van der Waals surface area contributed by atoms with Crippen LogP contribution < -0.4 is 19.6 Å². The Morgan fingerprint density at radius 2 is 2.12 bits per heavy atom.